The SMILES string of the molecule is N#Cc1cc(-n2c3ccccc3c3ccc4c5ccccc5n(-c5ccccc5)c4c32)c(-c2c(C#N)cccc2C(F)(F)F)cc1-n1c2ccccc2c2ccc3c4ccccc4n(-c4ccccc4)c3c21. The first-order valence-electron chi connectivity index (χ1n) is 23.5. The molecule has 14 aromatic rings. The van der Waals surface area contributed by atoms with Crippen molar-refractivity contribution in [1.82, 2.24) is 18.3 Å². The zero-order valence-corrected chi connectivity index (χ0v) is 38.0. The number of aromatic nitrogens is 4. The van der Waals surface area contributed by atoms with E-state index in [0.717, 1.165) is 105 Å². The minimum Gasteiger partial charge on any atom is -0.307 e. The lowest BCUT2D eigenvalue weighted by atomic mass is 9.91. The minimum atomic E-state index is -4.86. The molecule has 72 heavy (non-hydrogen) atoms. The van der Waals surface area contributed by atoms with Gasteiger partial charge in [-0.1, -0.05) is 140 Å². The Kier molecular flexibility index (Phi) is 8.77. The molecule has 0 aliphatic rings. The highest BCUT2D eigenvalue weighted by Crippen LogP contribution is 2.49. The molecular formula is C63H35F3N6. The van der Waals surface area contributed by atoms with Gasteiger partial charge >= 0.3 is 6.18 Å². The molecule has 4 aromatic heterocycles. The van der Waals surface area contributed by atoms with Gasteiger partial charge in [-0.2, -0.15) is 23.7 Å². The van der Waals surface area contributed by atoms with Crippen molar-refractivity contribution in [1.29, 1.82) is 10.5 Å². The van der Waals surface area contributed by atoms with Crippen molar-refractivity contribution in [2.75, 3.05) is 0 Å². The first kappa shape index (κ1) is 41.2. The molecule has 0 bridgehead atoms. The van der Waals surface area contributed by atoms with E-state index in [-0.39, 0.29) is 22.3 Å². The van der Waals surface area contributed by atoms with E-state index in [0.29, 0.717) is 11.4 Å². The van der Waals surface area contributed by atoms with Gasteiger partial charge in [0.1, 0.15) is 6.07 Å². The lowest BCUT2D eigenvalue weighted by molar-refractivity contribution is -0.137. The molecule has 0 spiro atoms. The lowest BCUT2D eigenvalue weighted by Crippen LogP contribution is -2.11. The van der Waals surface area contributed by atoms with Crippen LogP contribution in [0.1, 0.15) is 16.7 Å². The van der Waals surface area contributed by atoms with Crippen molar-refractivity contribution in [2.45, 2.75) is 6.18 Å². The summed E-state index contributed by atoms with van der Waals surface area (Å²) >= 11 is 0. The van der Waals surface area contributed by atoms with Crippen LogP contribution in [0.5, 0.6) is 0 Å². The van der Waals surface area contributed by atoms with Gasteiger partial charge in [0, 0.05) is 65.6 Å². The van der Waals surface area contributed by atoms with E-state index < -0.39 is 11.7 Å². The molecule has 10 aromatic carbocycles. The quantitative estimate of drug-likeness (QED) is 0.173. The highest BCUT2D eigenvalue weighted by molar-refractivity contribution is 6.25. The van der Waals surface area contributed by atoms with Gasteiger partial charge in [-0.3, -0.25) is 0 Å². The van der Waals surface area contributed by atoms with Gasteiger partial charge in [0.15, 0.2) is 0 Å². The van der Waals surface area contributed by atoms with E-state index >= 15 is 13.2 Å². The average molecular weight is 933 g/mol. The van der Waals surface area contributed by atoms with Gasteiger partial charge in [-0.05, 0) is 72.8 Å². The van der Waals surface area contributed by atoms with Crippen LogP contribution in [-0.4, -0.2) is 18.3 Å². The van der Waals surface area contributed by atoms with Gasteiger partial charge in [-0.15, -0.1) is 0 Å². The topological polar surface area (TPSA) is 67.3 Å². The number of halogens is 3. The van der Waals surface area contributed by atoms with Gasteiger partial charge < -0.3 is 18.3 Å². The van der Waals surface area contributed by atoms with Crippen molar-refractivity contribution >= 4 is 87.2 Å². The summed E-state index contributed by atoms with van der Waals surface area (Å²) in [5, 5.41) is 30.0. The molecule has 338 valence electrons. The van der Waals surface area contributed by atoms with Crippen molar-refractivity contribution in [2.24, 2.45) is 0 Å². The number of rotatable bonds is 5. The number of nitriles is 2. The highest BCUT2D eigenvalue weighted by atomic mass is 19.4. The van der Waals surface area contributed by atoms with Crippen LogP contribution in [0.4, 0.5) is 13.2 Å². The Hall–Kier alpha value is -9.83. The second kappa shape index (κ2) is 15.3. The average Bonchev–Trinajstić information content (AvgIpc) is 4.16. The normalized spacial score (nSPS) is 12.1. The number of alkyl halides is 3. The molecule has 0 saturated carbocycles. The second-order valence-electron chi connectivity index (χ2n) is 18.1. The zero-order chi connectivity index (χ0) is 48.4. The molecule has 0 radical (unpaired) electrons. The number of hydrogen-bond acceptors (Lipinski definition) is 2. The van der Waals surface area contributed by atoms with Crippen LogP contribution >= 0.6 is 0 Å². The predicted octanol–water partition coefficient (Wildman–Crippen LogP) is 16.5. The zero-order valence-electron chi connectivity index (χ0n) is 38.0. The Balaban J connectivity index is 1.21. The van der Waals surface area contributed by atoms with Crippen LogP contribution in [-0.2, 0) is 6.18 Å². The number of para-hydroxylation sites is 6. The molecule has 0 saturated heterocycles. The summed E-state index contributed by atoms with van der Waals surface area (Å²) < 4.78 is 56.0. The molecule has 0 fully saturated rings. The summed E-state index contributed by atoms with van der Waals surface area (Å²) in [6.07, 6.45) is -4.86. The maximum atomic E-state index is 15.8. The Morgan fingerprint density at radius 3 is 1.12 bits per heavy atom. The highest BCUT2D eigenvalue weighted by Gasteiger charge is 2.37. The summed E-state index contributed by atoms with van der Waals surface area (Å²) in [6.45, 7) is 0. The summed E-state index contributed by atoms with van der Waals surface area (Å²) in [4.78, 5) is 0. The molecule has 0 unspecified atom stereocenters. The first-order valence-corrected chi connectivity index (χ1v) is 23.5. The maximum absolute atomic E-state index is 15.8. The van der Waals surface area contributed by atoms with Gasteiger partial charge in [-0.25, -0.2) is 0 Å². The van der Waals surface area contributed by atoms with E-state index in [2.05, 4.69) is 81.9 Å². The maximum Gasteiger partial charge on any atom is 0.417 e. The van der Waals surface area contributed by atoms with Crippen molar-refractivity contribution < 1.29 is 13.2 Å². The minimum absolute atomic E-state index is 0.136. The molecule has 0 amide bonds. The third-order valence-electron chi connectivity index (χ3n) is 14.4. The van der Waals surface area contributed by atoms with Gasteiger partial charge in [0.25, 0.3) is 0 Å². The third kappa shape index (κ3) is 5.70. The third-order valence-corrected chi connectivity index (χ3v) is 14.4. The van der Waals surface area contributed by atoms with Gasteiger partial charge in [0.05, 0.1) is 78.3 Å². The van der Waals surface area contributed by atoms with E-state index in [1.807, 2.05) is 130 Å². The van der Waals surface area contributed by atoms with Crippen molar-refractivity contribution in [3.63, 3.8) is 0 Å². The van der Waals surface area contributed by atoms with Crippen molar-refractivity contribution in [3.8, 4) is 46.0 Å². The van der Waals surface area contributed by atoms with Crippen LogP contribution in [0, 0.1) is 22.7 Å². The molecule has 6 nitrogen and oxygen atoms in total. The molecule has 0 aliphatic heterocycles. The number of fused-ring (bicyclic) bond motifs is 14. The van der Waals surface area contributed by atoms with Crippen LogP contribution in [0.3, 0.4) is 0 Å². The molecule has 0 N–H and O–H groups in total. The largest absolute Gasteiger partial charge is 0.417 e. The summed E-state index contributed by atoms with van der Waals surface area (Å²) in [5.74, 6) is 0. The monoisotopic (exact) mass is 932 g/mol. The fourth-order valence-electron chi connectivity index (χ4n) is 11.6. The van der Waals surface area contributed by atoms with E-state index in [1.54, 1.807) is 12.1 Å². The lowest BCUT2D eigenvalue weighted by Gasteiger charge is -2.22. The van der Waals surface area contributed by atoms with Crippen LogP contribution in [0.25, 0.3) is 121 Å². The molecule has 0 atom stereocenters. The molecule has 4 heterocycles. The van der Waals surface area contributed by atoms with Gasteiger partial charge in [0.2, 0.25) is 0 Å². The molecule has 0 aliphatic carbocycles. The standard InChI is InChI=1S/C63H35F3N6/c64-63(65,66)51-25-15-16-38(36-67)58(51)50-35-56(71-54-28-13-9-23-44(54)48-32-30-46-42-21-7-11-26-52(42)69(59(46)61(48)71)40-17-3-1-4-18-40)39(37-68)34-57(50)72-55-29-14-10-24-45(55)49-33-31-47-43-22-8-12-27-53(43)70(60(47)62(49)72)41-19-5-2-6-20-41/h1-35H. The number of nitrogens with zero attached hydrogens (tertiary/aromatic N) is 6. The Labute approximate surface area is 408 Å². The van der Waals surface area contributed by atoms with Crippen LogP contribution in [0.15, 0.2) is 212 Å². The van der Waals surface area contributed by atoms with E-state index in [1.165, 1.54) is 12.1 Å². The van der Waals surface area contributed by atoms with E-state index in [9.17, 15) is 10.5 Å². The Morgan fingerprint density at radius 2 is 0.708 bits per heavy atom. The molecule has 9 heteroatoms. The first-order chi connectivity index (χ1) is 35.3. The van der Waals surface area contributed by atoms with Crippen molar-refractivity contribution in [3.05, 3.63) is 229 Å². The van der Waals surface area contributed by atoms with Crippen LogP contribution in [0.2, 0.25) is 0 Å². The number of hydrogen-bond donors (Lipinski definition) is 0. The van der Waals surface area contributed by atoms with Crippen LogP contribution < -0.4 is 0 Å². The summed E-state index contributed by atoms with van der Waals surface area (Å²) in [5.41, 5.74) is 8.11. The number of benzene rings is 10. The Bertz CT molecular complexity index is 4690. The smallest absolute Gasteiger partial charge is 0.307 e. The van der Waals surface area contributed by atoms with E-state index in [4.69, 9.17) is 0 Å². The predicted molar refractivity (Wildman–Crippen MR) is 284 cm³/mol. The Morgan fingerprint density at radius 1 is 0.333 bits per heavy atom. The second-order valence-corrected chi connectivity index (χ2v) is 18.1. The molecular weight excluding hydrogens is 898 g/mol. The molecule has 14 rings (SSSR count). The summed E-state index contributed by atoms with van der Waals surface area (Å²) in [7, 11) is 0. The summed E-state index contributed by atoms with van der Waals surface area (Å²) in [6, 6.07) is 72.6. The fourth-order valence-corrected chi connectivity index (χ4v) is 11.6. The fraction of sp³-hybridized carbons (Fsp3) is 0.0159.